The molecule has 0 aliphatic carbocycles. The molecule has 1 saturated heterocycles. The van der Waals surface area contributed by atoms with E-state index in [0.717, 1.165) is 35.8 Å². The van der Waals surface area contributed by atoms with Crippen molar-refractivity contribution in [2.24, 2.45) is 0 Å². The van der Waals surface area contributed by atoms with Crippen LogP contribution in [0.15, 0.2) is 48.5 Å². The number of amides is 1. The summed E-state index contributed by atoms with van der Waals surface area (Å²) >= 11 is 0. The average Bonchev–Trinajstić information content (AvgIpc) is 2.77. The van der Waals surface area contributed by atoms with Crippen LogP contribution in [0.5, 0.6) is 5.75 Å². The Morgan fingerprint density at radius 3 is 2.47 bits per heavy atom. The third-order valence-corrected chi connectivity index (χ3v) is 6.95. The third kappa shape index (κ3) is 6.46. The number of methoxy groups -OCH3 is 1. The molecule has 3 rings (SSSR count). The number of carbonyl (C=O) groups excluding carboxylic acids is 1. The molecule has 2 aromatic rings. The van der Waals surface area contributed by atoms with E-state index in [4.69, 9.17) is 4.74 Å². The van der Waals surface area contributed by atoms with Crippen molar-refractivity contribution < 1.29 is 17.9 Å². The van der Waals surface area contributed by atoms with Crippen molar-refractivity contribution in [2.75, 3.05) is 30.8 Å². The number of anilines is 1. The summed E-state index contributed by atoms with van der Waals surface area (Å²) in [5.74, 6) is 0.161. The number of nitrogens with one attached hydrogen (secondary N) is 1. The standard InChI is InChI=1S/C24H33N3O4S/c1-19(27(32(3,29)30)22-11-8-12-23(16-22)31-2)24(28)25-17-20-9-7-10-21(15-20)18-26-13-5-4-6-14-26/h7-12,15-16,19H,4-6,13-14,17-18H2,1-3H3,(H,25,28). The summed E-state index contributed by atoms with van der Waals surface area (Å²) in [5.41, 5.74) is 2.60. The van der Waals surface area contributed by atoms with Crippen LogP contribution in [-0.2, 0) is 27.9 Å². The second kappa shape index (κ2) is 10.8. The predicted octanol–water partition coefficient (Wildman–Crippen LogP) is 3.15. The van der Waals surface area contributed by atoms with Crippen molar-refractivity contribution in [3.63, 3.8) is 0 Å². The fourth-order valence-electron chi connectivity index (χ4n) is 4.11. The zero-order valence-electron chi connectivity index (χ0n) is 19.1. The maximum atomic E-state index is 12.9. The first-order valence-corrected chi connectivity index (χ1v) is 12.8. The van der Waals surface area contributed by atoms with Crippen LogP contribution >= 0.6 is 0 Å². The lowest BCUT2D eigenvalue weighted by molar-refractivity contribution is -0.122. The fraction of sp³-hybridized carbons (Fsp3) is 0.458. The van der Waals surface area contributed by atoms with E-state index in [1.165, 1.54) is 31.9 Å². The molecule has 7 nitrogen and oxygen atoms in total. The Morgan fingerprint density at radius 1 is 1.09 bits per heavy atom. The lowest BCUT2D eigenvalue weighted by Gasteiger charge is -2.28. The zero-order chi connectivity index (χ0) is 23.1. The molecule has 1 amide bonds. The van der Waals surface area contributed by atoms with Crippen molar-refractivity contribution >= 4 is 21.6 Å². The van der Waals surface area contributed by atoms with Crippen LogP contribution in [0.1, 0.15) is 37.3 Å². The second-order valence-corrected chi connectivity index (χ2v) is 10.2. The highest BCUT2D eigenvalue weighted by atomic mass is 32.2. The van der Waals surface area contributed by atoms with Crippen molar-refractivity contribution in [3.8, 4) is 5.75 Å². The number of benzene rings is 2. The summed E-state index contributed by atoms with van der Waals surface area (Å²) in [6.07, 6.45) is 4.90. The summed E-state index contributed by atoms with van der Waals surface area (Å²) in [4.78, 5) is 15.3. The van der Waals surface area contributed by atoms with Gasteiger partial charge in [-0.2, -0.15) is 0 Å². The Kier molecular flexibility index (Phi) is 8.15. The van der Waals surface area contributed by atoms with E-state index in [2.05, 4.69) is 22.3 Å². The minimum Gasteiger partial charge on any atom is -0.497 e. The lowest BCUT2D eigenvalue weighted by Crippen LogP contribution is -2.47. The third-order valence-electron chi connectivity index (χ3n) is 5.71. The molecule has 174 valence electrons. The van der Waals surface area contributed by atoms with Crippen LogP contribution < -0.4 is 14.4 Å². The molecule has 0 spiro atoms. The SMILES string of the molecule is COc1cccc(N(C(C)C(=O)NCc2cccc(CN3CCCCC3)c2)S(C)(=O)=O)c1. The minimum absolute atomic E-state index is 0.340. The van der Waals surface area contributed by atoms with Crippen LogP contribution in [0.2, 0.25) is 0 Å². The summed E-state index contributed by atoms with van der Waals surface area (Å²) in [5, 5.41) is 2.89. The molecule has 1 fully saturated rings. The summed E-state index contributed by atoms with van der Waals surface area (Å²) in [6, 6.07) is 14.0. The molecule has 1 N–H and O–H groups in total. The molecular weight excluding hydrogens is 426 g/mol. The van der Waals surface area contributed by atoms with Gasteiger partial charge in [-0.15, -0.1) is 0 Å². The molecule has 0 radical (unpaired) electrons. The number of nitrogens with zero attached hydrogens (tertiary/aromatic N) is 2. The highest BCUT2D eigenvalue weighted by molar-refractivity contribution is 7.92. The maximum Gasteiger partial charge on any atom is 0.243 e. The fourth-order valence-corrected chi connectivity index (χ4v) is 5.27. The molecule has 8 heteroatoms. The largest absolute Gasteiger partial charge is 0.497 e. The normalized spacial score (nSPS) is 15.7. The van der Waals surface area contributed by atoms with Crippen molar-refractivity contribution in [3.05, 3.63) is 59.7 Å². The number of hydrogen-bond acceptors (Lipinski definition) is 5. The van der Waals surface area contributed by atoms with Crippen LogP contribution in [0, 0.1) is 0 Å². The van der Waals surface area contributed by atoms with Crippen LogP contribution in [0.3, 0.4) is 0 Å². The maximum absolute atomic E-state index is 12.9. The number of carbonyl (C=O) groups is 1. The number of hydrogen-bond donors (Lipinski definition) is 1. The number of rotatable bonds is 9. The molecule has 1 atom stereocenters. The van der Waals surface area contributed by atoms with Gasteiger partial charge in [0, 0.05) is 19.2 Å². The first kappa shape index (κ1) is 24.1. The van der Waals surface area contributed by atoms with E-state index in [-0.39, 0.29) is 5.91 Å². The van der Waals surface area contributed by atoms with Gasteiger partial charge in [0.1, 0.15) is 11.8 Å². The van der Waals surface area contributed by atoms with E-state index in [1.54, 1.807) is 31.2 Å². The number of ether oxygens (including phenoxy) is 1. The highest BCUT2D eigenvalue weighted by Gasteiger charge is 2.29. The quantitative estimate of drug-likeness (QED) is 0.623. The van der Waals surface area contributed by atoms with Gasteiger partial charge in [-0.3, -0.25) is 14.0 Å². The summed E-state index contributed by atoms with van der Waals surface area (Å²) < 4.78 is 31.3. The number of piperidine rings is 1. The van der Waals surface area contributed by atoms with Crippen LogP contribution in [0.4, 0.5) is 5.69 Å². The Labute approximate surface area is 191 Å². The van der Waals surface area contributed by atoms with E-state index < -0.39 is 16.1 Å². The molecule has 0 aromatic heterocycles. The van der Waals surface area contributed by atoms with Gasteiger partial charge >= 0.3 is 0 Å². The monoisotopic (exact) mass is 459 g/mol. The van der Waals surface area contributed by atoms with E-state index in [1.807, 2.05) is 12.1 Å². The van der Waals surface area contributed by atoms with Crippen molar-refractivity contribution in [2.45, 2.75) is 45.3 Å². The van der Waals surface area contributed by atoms with E-state index in [0.29, 0.717) is 18.0 Å². The highest BCUT2D eigenvalue weighted by Crippen LogP contribution is 2.25. The van der Waals surface area contributed by atoms with Gasteiger partial charge in [0.25, 0.3) is 0 Å². The average molecular weight is 460 g/mol. The molecule has 0 saturated carbocycles. The lowest BCUT2D eigenvalue weighted by atomic mass is 10.1. The Bertz CT molecular complexity index is 1020. The van der Waals surface area contributed by atoms with Crippen LogP contribution in [0.25, 0.3) is 0 Å². The van der Waals surface area contributed by atoms with Gasteiger partial charge < -0.3 is 10.1 Å². The Morgan fingerprint density at radius 2 is 1.78 bits per heavy atom. The molecule has 32 heavy (non-hydrogen) atoms. The smallest absolute Gasteiger partial charge is 0.243 e. The first-order valence-electron chi connectivity index (χ1n) is 11.0. The molecule has 1 unspecified atom stereocenters. The minimum atomic E-state index is -3.68. The Hall–Kier alpha value is -2.58. The molecule has 1 aliphatic heterocycles. The molecule has 0 bridgehead atoms. The molecule has 2 aromatic carbocycles. The van der Waals surface area contributed by atoms with Gasteiger partial charge in [-0.05, 0) is 56.1 Å². The van der Waals surface area contributed by atoms with Crippen LogP contribution in [-0.4, -0.2) is 51.7 Å². The van der Waals surface area contributed by atoms with Crippen molar-refractivity contribution in [1.29, 1.82) is 0 Å². The van der Waals surface area contributed by atoms with Gasteiger partial charge in [-0.25, -0.2) is 8.42 Å². The number of sulfonamides is 1. The number of likely N-dealkylation sites (tertiary alicyclic amines) is 1. The van der Waals surface area contributed by atoms with E-state index >= 15 is 0 Å². The van der Waals surface area contributed by atoms with Gasteiger partial charge in [0.15, 0.2) is 0 Å². The van der Waals surface area contributed by atoms with Gasteiger partial charge in [0.2, 0.25) is 15.9 Å². The first-order chi connectivity index (χ1) is 15.3. The molecule has 1 heterocycles. The Balaban J connectivity index is 1.66. The molecular formula is C24H33N3O4S. The second-order valence-electron chi connectivity index (χ2n) is 8.31. The predicted molar refractivity (Wildman–Crippen MR) is 127 cm³/mol. The summed E-state index contributed by atoms with van der Waals surface area (Å²) in [7, 11) is -2.17. The van der Waals surface area contributed by atoms with Crippen molar-refractivity contribution in [1.82, 2.24) is 10.2 Å². The zero-order valence-corrected chi connectivity index (χ0v) is 19.9. The molecule has 1 aliphatic rings. The topological polar surface area (TPSA) is 79.0 Å². The van der Waals surface area contributed by atoms with E-state index in [9.17, 15) is 13.2 Å². The van der Waals surface area contributed by atoms with Gasteiger partial charge in [0.05, 0.1) is 19.1 Å². The van der Waals surface area contributed by atoms with Gasteiger partial charge in [-0.1, -0.05) is 36.8 Å². The summed E-state index contributed by atoms with van der Waals surface area (Å²) in [6.45, 7) is 5.10.